The molecule has 6 nitrogen and oxygen atoms in total. The molecule has 0 aromatic carbocycles. The molecule has 2 N–H and O–H groups in total. The van der Waals surface area contributed by atoms with Gasteiger partial charge in [0.05, 0.1) is 0 Å². The Kier molecular flexibility index (Phi) is 2.37. The first-order chi connectivity index (χ1) is 6.32. The maximum absolute atomic E-state index is 11.6. The summed E-state index contributed by atoms with van der Waals surface area (Å²) in [6.07, 6.45) is 1.19. The summed E-state index contributed by atoms with van der Waals surface area (Å²) in [5.74, 6) is -1.13. The molecule has 1 rings (SSSR count). The predicted molar refractivity (Wildman–Crippen MR) is 48.6 cm³/mol. The predicted octanol–water partition coefficient (Wildman–Crippen LogP) is 0.0633. The second-order valence-corrected chi connectivity index (χ2v) is 3.93. The van der Waals surface area contributed by atoms with Gasteiger partial charge in [0, 0.05) is 5.41 Å². The van der Waals surface area contributed by atoms with E-state index in [1.807, 2.05) is 0 Å². The standard InChI is InChI=1S/C8H12N4O2/c1-8(2,3)7(14)12-4-10-6(11-12)5(9)13/h4H,1-3H3,(H2,9,13). The molecule has 0 aliphatic heterocycles. The molecule has 0 aliphatic carbocycles. The molecule has 0 unspecified atom stereocenters. The van der Waals surface area contributed by atoms with Crippen LogP contribution in [0.25, 0.3) is 0 Å². The highest BCUT2D eigenvalue weighted by atomic mass is 16.2. The van der Waals surface area contributed by atoms with Crippen LogP contribution in [0, 0.1) is 5.41 Å². The van der Waals surface area contributed by atoms with Gasteiger partial charge in [-0.15, -0.1) is 5.10 Å². The van der Waals surface area contributed by atoms with E-state index in [-0.39, 0.29) is 11.7 Å². The summed E-state index contributed by atoms with van der Waals surface area (Å²) in [4.78, 5) is 25.9. The van der Waals surface area contributed by atoms with E-state index in [1.54, 1.807) is 20.8 Å². The van der Waals surface area contributed by atoms with Crippen molar-refractivity contribution in [2.45, 2.75) is 20.8 Å². The van der Waals surface area contributed by atoms with Crippen molar-refractivity contribution in [1.29, 1.82) is 0 Å². The second kappa shape index (κ2) is 3.21. The Morgan fingerprint density at radius 2 is 2.00 bits per heavy atom. The molecule has 1 heterocycles. The molecule has 0 saturated carbocycles. The van der Waals surface area contributed by atoms with Gasteiger partial charge in [-0.25, -0.2) is 4.98 Å². The van der Waals surface area contributed by atoms with Gasteiger partial charge < -0.3 is 5.73 Å². The number of rotatable bonds is 1. The van der Waals surface area contributed by atoms with Crippen LogP contribution in [0.2, 0.25) is 0 Å². The third-order valence-corrected chi connectivity index (χ3v) is 1.56. The molecule has 0 atom stereocenters. The maximum atomic E-state index is 11.6. The molecule has 1 aromatic rings. The number of hydrogen-bond donors (Lipinski definition) is 1. The van der Waals surface area contributed by atoms with Crippen LogP contribution in [-0.2, 0) is 0 Å². The SMILES string of the molecule is CC(C)(C)C(=O)n1cnc(C(N)=O)n1. The van der Waals surface area contributed by atoms with Crippen LogP contribution < -0.4 is 5.73 Å². The molecular weight excluding hydrogens is 184 g/mol. The van der Waals surface area contributed by atoms with Gasteiger partial charge in [0.2, 0.25) is 5.82 Å². The zero-order valence-electron chi connectivity index (χ0n) is 8.31. The maximum Gasteiger partial charge on any atom is 0.288 e. The third-order valence-electron chi connectivity index (χ3n) is 1.56. The molecule has 0 spiro atoms. The molecule has 0 fully saturated rings. The van der Waals surface area contributed by atoms with Crippen molar-refractivity contribution in [2.24, 2.45) is 11.1 Å². The normalized spacial score (nSPS) is 11.4. The highest BCUT2D eigenvalue weighted by molar-refractivity contribution is 5.89. The van der Waals surface area contributed by atoms with Crippen molar-refractivity contribution in [1.82, 2.24) is 14.8 Å². The summed E-state index contributed by atoms with van der Waals surface area (Å²) in [6, 6.07) is 0. The van der Waals surface area contributed by atoms with Gasteiger partial charge >= 0.3 is 0 Å². The number of primary amides is 1. The first-order valence-electron chi connectivity index (χ1n) is 4.08. The van der Waals surface area contributed by atoms with Crippen LogP contribution in [0.4, 0.5) is 0 Å². The quantitative estimate of drug-likeness (QED) is 0.687. The molecule has 6 heteroatoms. The van der Waals surface area contributed by atoms with E-state index in [0.29, 0.717) is 0 Å². The number of carbonyl (C=O) groups is 2. The lowest BCUT2D eigenvalue weighted by atomic mass is 9.96. The van der Waals surface area contributed by atoms with Gasteiger partial charge in [-0.1, -0.05) is 20.8 Å². The lowest BCUT2D eigenvalue weighted by Crippen LogP contribution is -2.27. The summed E-state index contributed by atoms with van der Waals surface area (Å²) in [7, 11) is 0. The van der Waals surface area contributed by atoms with Gasteiger partial charge in [-0.2, -0.15) is 4.68 Å². The summed E-state index contributed by atoms with van der Waals surface area (Å²) >= 11 is 0. The molecule has 1 aromatic heterocycles. The van der Waals surface area contributed by atoms with E-state index in [9.17, 15) is 9.59 Å². The number of aromatic nitrogens is 3. The van der Waals surface area contributed by atoms with Crippen LogP contribution >= 0.6 is 0 Å². The Labute approximate surface area is 81.1 Å². The second-order valence-electron chi connectivity index (χ2n) is 3.93. The average molecular weight is 196 g/mol. The Morgan fingerprint density at radius 1 is 1.43 bits per heavy atom. The highest BCUT2D eigenvalue weighted by Crippen LogP contribution is 2.15. The number of carbonyl (C=O) groups excluding carboxylic acids is 2. The van der Waals surface area contributed by atoms with Gasteiger partial charge in [-0.3, -0.25) is 9.59 Å². The largest absolute Gasteiger partial charge is 0.363 e. The van der Waals surface area contributed by atoms with Gasteiger partial charge in [0.15, 0.2) is 0 Å². The Morgan fingerprint density at radius 3 is 2.36 bits per heavy atom. The third kappa shape index (κ3) is 1.95. The van der Waals surface area contributed by atoms with Crippen LogP contribution in [0.15, 0.2) is 6.33 Å². The lowest BCUT2D eigenvalue weighted by Gasteiger charge is -2.14. The van der Waals surface area contributed by atoms with Crippen molar-refractivity contribution in [3.05, 3.63) is 12.2 Å². The van der Waals surface area contributed by atoms with Crippen molar-refractivity contribution < 1.29 is 9.59 Å². The Balaban J connectivity index is 2.99. The van der Waals surface area contributed by atoms with Gasteiger partial charge in [-0.05, 0) is 0 Å². The molecule has 0 saturated heterocycles. The van der Waals surface area contributed by atoms with E-state index in [1.165, 1.54) is 6.33 Å². The fourth-order valence-corrected chi connectivity index (χ4v) is 0.817. The zero-order valence-corrected chi connectivity index (χ0v) is 8.31. The molecular formula is C8H12N4O2. The first-order valence-corrected chi connectivity index (χ1v) is 4.08. The van der Waals surface area contributed by atoms with E-state index < -0.39 is 11.3 Å². The summed E-state index contributed by atoms with van der Waals surface area (Å²) in [5, 5.41) is 3.66. The smallest absolute Gasteiger partial charge is 0.288 e. The van der Waals surface area contributed by atoms with Crippen LogP contribution in [0.3, 0.4) is 0 Å². The van der Waals surface area contributed by atoms with E-state index in [4.69, 9.17) is 5.73 Å². The van der Waals surface area contributed by atoms with Gasteiger partial charge in [0.25, 0.3) is 11.8 Å². The number of nitrogens with zero attached hydrogens (tertiary/aromatic N) is 3. The topological polar surface area (TPSA) is 90.9 Å². The molecule has 14 heavy (non-hydrogen) atoms. The van der Waals surface area contributed by atoms with Crippen molar-refractivity contribution in [2.75, 3.05) is 0 Å². The van der Waals surface area contributed by atoms with Crippen molar-refractivity contribution in [3.63, 3.8) is 0 Å². The fourth-order valence-electron chi connectivity index (χ4n) is 0.817. The minimum absolute atomic E-state index is 0.150. The Hall–Kier alpha value is -1.72. The highest BCUT2D eigenvalue weighted by Gasteiger charge is 2.24. The minimum atomic E-state index is -0.745. The van der Waals surface area contributed by atoms with Crippen molar-refractivity contribution >= 4 is 11.8 Å². The molecule has 1 amide bonds. The van der Waals surface area contributed by atoms with E-state index in [0.717, 1.165) is 4.68 Å². The number of hydrogen-bond acceptors (Lipinski definition) is 4. The van der Waals surface area contributed by atoms with E-state index in [2.05, 4.69) is 10.1 Å². The fraction of sp³-hybridized carbons (Fsp3) is 0.500. The molecule has 0 aliphatic rings. The first kappa shape index (κ1) is 10.4. The van der Waals surface area contributed by atoms with Crippen LogP contribution in [-0.4, -0.2) is 26.6 Å². The summed E-state index contributed by atoms with van der Waals surface area (Å²) < 4.78 is 1.03. The van der Waals surface area contributed by atoms with Crippen molar-refractivity contribution in [3.8, 4) is 0 Å². The molecule has 0 radical (unpaired) electrons. The summed E-state index contributed by atoms with van der Waals surface area (Å²) in [6.45, 7) is 5.25. The molecule has 0 bridgehead atoms. The summed E-state index contributed by atoms with van der Waals surface area (Å²) in [5.41, 5.74) is 4.38. The monoisotopic (exact) mass is 196 g/mol. The van der Waals surface area contributed by atoms with Gasteiger partial charge in [0.1, 0.15) is 6.33 Å². The molecule has 76 valence electrons. The lowest BCUT2D eigenvalue weighted by molar-refractivity contribution is 0.0748. The number of amides is 1. The van der Waals surface area contributed by atoms with E-state index >= 15 is 0 Å². The average Bonchev–Trinajstić information content (AvgIpc) is 2.48. The van der Waals surface area contributed by atoms with Crippen LogP contribution in [0.1, 0.15) is 36.2 Å². The zero-order chi connectivity index (χ0) is 10.9. The number of nitrogens with two attached hydrogens (primary N) is 1. The minimum Gasteiger partial charge on any atom is -0.363 e. The Bertz CT molecular complexity index is 375. The van der Waals surface area contributed by atoms with Crippen LogP contribution in [0.5, 0.6) is 0 Å².